The van der Waals surface area contributed by atoms with Gasteiger partial charge in [-0.15, -0.1) is 4.91 Å². The van der Waals surface area contributed by atoms with Crippen LogP contribution in [0.25, 0.3) is 0 Å². The minimum Gasteiger partial charge on any atom is -0.483 e. The third-order valence-corrected chi connectivity index (χ3v) is 3.89. The quantitative estimate of drug-likeness (QED) is 0.434. The summed E-state index contributed by atoms with van der Waals surface area (Å²) in [6.45, 7) is 5.52. The first-order valence-corrected chi connectivity index (χ1v) is 8.46. The highest BCUT2D eigenvalue weighted by molar-refractivity contribution is 6.30. The van der Waals surface area contributed by atoms with Gasteiger partial charge < -0.3 is 4.74 Å². The van der Waals surface area contributed by atoms with Gasteiger partial charge in [0, 0.05) is 5.02 Å². The maximum absolute atomic E-state index is 11.9. The van der Waals surface area contributed by atoms with Gasteiger partial charge in [-0.3, -0.25) is 4.79 Å². The number of nitroso groups, excluding NO2 is 1. The largest absolute Gasteiger partial charge is 0.483 e. The third kappa shape index (κ3) is 5.39. The van der Waals surface area contributed by atoms with E-state index < -0.39 is 5.91 Å². The molecular weight excluding hydrogens is 354 g/mol. The average molecular weight is 374 g/mol. The van der Waals surface area contributed by atoms with E-state index in [4.69, 9.17) is 16.3 Å². The molecule has 2 aromatic rings. The normalized spacial score (nSPS) is 11.0. The summed E-state index contributed by atoms with van der Waals surface area (Å²) in [4.78, 5) is 22.8. The van der Waals surface area contributed by atoms with Crippen LogP contribution >= 0.6 is 11.6 Å². The number of benzene rings is 2. The molecular formula is C19H20ClN3O3. The van der Waals surface area contributed by atoms with Crippen molar-refractivity contribution in [2.45, 2.75) is 26.7 Å². The Morgan fingerprint density at radius 3 is 2.73 bits per heavy atom. The predicted molar refractivity (Wildman–Crippen MR) is 103 cm³/mol. The molecule has 0 aliphatic carbocycles. The van der Waals surface area contributed by atoms with Crippen LogP contribution in [-0.2, 0) is 4.79 Å². The summed E-state index contributed by atoms with van der Waals surface area (Å²) in [6.07, 6.45) is 1.50. The van der Waals surface area contributed by atoms with Crippen molar-refractivity contribution in [3.8, 4) is 5.75 Å². The highest BCUT2D eigenvalue weighted by Gasteiger charge is 2.13. The van der Waals surface area contributed by atoms with E-state index in [2.05, 4.69) is 15.7 Å². The highest BCUT2D eigenvalue weighted by Crippen LogP contribution is 2.33. The number of hydrogen-bond donors (Lipinski definition) is 1. The molecule has 0 heterocycles. The fraction of sp³-hybridized carbons (Fsp3) is 0.263. The lowest BCUT2D eigenvalue weighted by molar-refractivity contribution is -0.123. The third-order valence-electron chi connectivity index (χ3n) is 3.66. The first kappa shape index (κ1) is 19.6. The molecule has 0 unspecified atom stereocenters. The minimum absolute atomic E-state index is 0.120. The molecule has 2 aromatic carbocycles. The average Bonchev–Trinajstić information content (AvgIpc) is 2.59. The molecule has 2 rings (SSSR count). The molecule has 0 spiro atoms. The summed E-state index contributed by atoms with van der Waals surface area (Å²) >= 11 is 5.88. The molecule has 0 saturated heterocycles. The standard InChI is InChI=1S/C19H20ClN3O3/c1-12(2)16-9-17(23-25)13(3)7-18(16)26-11-19(24)22-21-10-14-5-4-6-15(20)8-14/h4-10,12H,11H2,1-3H3,(H,22,24)/b21-10+. The molecule has 1 amide bonds. The lowest BCUT2D eigenvalue weighted by Crippen LogP contribution is -2.25. The lowest BCUT2D eigenvalue weighted by atomic mass is 9.99. The van der Waals surface area contributed by atoms with Gasteiger partial charge in [0.25, 0.3) is 5.91 Å². The van der Waals surface area contributed by atoms with E-state index in [0.717, 1.165) is 11.1 Å². The second kappa shape index (κ2) is 9.10. The van der Waals surface area contributed by atoms with Gasteiger partial charge >= 0.3 is 0 Å². The SMILES string of the molecule is Cc1cc(OCC(=O)N/N=C/c2cccc(Cl)c2)c(C(C)C)cc1N=O. The number of aryl methyl sites for hydroxylation is 1. The van der Waals surface area contributed by atoms with Crippen molar-refractivity contribution in [2.24, 2.45) is 10.3 Å². The Kier molecular flexibility index (Phi) is 6.86. The Labute approximate surface area is 157 Å². The summed E-state index contributed by atoms with van der Waals surface area (Å²) in [6, 6.07) is 10.5. The Hall–Kier alpha value is -2.73. The first-order chi connectivity index (χ1) is 12.4. The molecule has 6 nitrogen and oxygen atoms in total. The number of hydrogen-bond acceptors (Lipinski definition) is 5. The van der Waals surface area contributed by atoms with Crippen molar-refractivity contribution in [1.82, 2.24) is 5.43 Å². The topological polar surface area (TPSA) is 80.1 Å². The molecule has 0 radical (unpaired) electrons. The molecule has 0 aliphatic rings. The molecule has 0 saturated carbocycles. The summed E-state index contributed by atoms with van der Waals surface area (Å²) in [5.41, 5.74) is 5.06. The Balaban J connectivity index is 1.98. The van der Waals surface area contributed by atoms with E-state index in [0.29, 0.717) is 22.0 Å². The van der Waals surface area contributed by atoms with E-state index in [9.17, 15) is 9.70 Å². The zero-order chi connectivity index (χ0) is 19.1. The number of nitrogens with zero attached hydrogens (tertiary/aromatic N) is 2. The number of carbonyl (C=O) groups excluding carboxylic acids is 1. The molecule has 0 aliphatic heterocycles. The summed E-state index contributed by atoms with van der Waals surface area (Å²) in [5, 5.41) is 7.48. The van der Waals surface area contributed by atoms with Crippen molar-refractivity contribution in [3.05, 3.63) is 63.0 Å². The van der Waals surface area contributed by atoms with E-state index in [1.54, 1.807) is 37.3 Å². The van der Waals surface area contributed by atoms with Crippen LogP contribution in [0.2, 0.25) is 5.02 Å². The zero-order valence-electron chi connectivity index (χ0n) is 14.8. The molecule has 0 atom stereocenters. The molecule has 26 heavy (non-hydrogen) atoms. The van der Waals surface area contributed by atoms with Crippen LogP contribution in [0.5, 0.6) is 5.75 Å². The van der Waals surface area contributed by atoms with Crippen LogP contribution in [0.15, 0.2) is 46.7 Å². The van der Waals surface area contributed by atoms with Crippen molar-refractivity contribution >= 4 is 29.4 Å². The number of nitrogens with one attached hydrogen (secondary N) is 1. The first-order valence-electron chi connectivity index (χ1n) is 8.09. The van der Waals surface area contributed by atoms with E-state index >= 15 is 0 Å². The van der Waals surface area contributed by atoms with Gasteiger partial charge in [-0.2, -0.15) is 5.10 Å². The highest BCUT2D eigenvalue weighted by atomic mass is 35.5. The molecule has 1 N–H and O–H groups in total. The molecule has 136 valence electrons. The van der Waals surface area contributed by atoms with Gasteiger partial charge in [-0.1, -0.05) is 37.6 Å². The van der Waals surface area contributed by atoms with Crippen molar-refractivity contribution in [2.75, 3.05) is 6.61 Å². The van der Waals surface area contributed by atoms with Gasteiger partial charge in [0.05, 0.1) is 6.21 Å². The summed E-state index contributed by atoms with van der Waals surface area (Å²) in [5.74, 6) is 0.280. The number of halogens is 1. The van der Waals surface area contributed by atoms with Gasteiger partial charge in [-0.05, 0) is 59.0 Å². The number of rotatable bonds is 7. The van der Waals surface area contributed by atoms with E-state index in [1.807, 2.05) is 19.9 Å². The second-order valence-corrected chi connectivity index (χ2v) is 6.50. The van der Waals surface area contributed by atoms with Gasteiger partial charge in [0.1, 0.15) is 11.4 Å². The molecule has 0 bridgehead atoms. The molecule has 0 fully saturated rings. The van der Waals surface area contributed by atoms with Gasteiger partial charge in [-0.25, -0.2) is 5.43 Å². The molecule has 7 heteroatoms. The van der Waals surface area contributed by atoms with Gasteiger partial charge in [0.2, 0.25) is 0 Å². The minimum atomic E-state index is -0.395. The fourth-order valence-electron chi connectivity index (χ4n) is 2.30. The number of hydrazone groups is 1. The number of carbonyl (C=O) groups is 1. The van der Waals surface area contributed by atoms with Crippen LogP contribution in [0.1, 0.15) is 36.5 Å². The maximum Gasteiger partial charge on any atom is 0.277 e. The Morgan fingerprint density at radius 1 is 1.31 bits per heavy atom. The number of ether oxygens (including phenoxy) is 1. The van der Waals surface area contributed by atoms with Crippen molar-refractivity contribution in [3.63, 3.8) is 0 Å². The number of amides is 1. The zero-order valence-corrected chi connectivity index (χ0v) is 15.6. The van der Waals surface area contributed by atoms with Crippen molar-refractivity contribution < 1.29 is 9.53 Å². The summed E-state index contributed by atoms with van der Waals surface area (Å²) < 4.78 is 5.61. The fourth-order valence-corrected chi connectivity index (χ4v) is 2.50. The van der Waals surface area contributed by atoms with Crippen LogP contribution in [0.3, 0.4) is 0 Å². The summed E-state index contributed by atoms with van der Waals surface area (Å²) in [7, 11) is 0. The van der Waals surface area contributed by atoms with E-state index in [1.165, 1.54) is 6.21 Å². The van der Waals surface area contributed by atoms with Crippen LogP contribution in [-0.4, -0.2) is 18.7 Å². The Bertz CT molecular complexity index is 835. The van der Waals surface area contributed by atoms with Crippen LogP contribution < -0.4 is 10.2 Å². The smallest absolute Gasteiger partial charge is 0.277 e. The predicted octanol–water partition coefficient (Wildman–Crippen LogP) is 4.70. The van der Waals surface area contributed by atoms with E-state index in [-0.39, 0.29) is 12.5 Å². The molecule has 0 aromatic heterocycles. The monoisotopic (exact) mass is 373 g/mol. The van der Waals surface area contributed by atoms with Gasteiger partial charge in [0.15, 0.2) is 6.61 Å². The maximum atomic E-state index is 11.9. The Morgan fingerprint density at radius 2 is 2.08 bits per heavy atom. The van der Waals surface area contributed by atoms with Crippen LogP contribution in [0.4, 0.5) is 5.69 Å². The van der Waals surface area contributed by atoms with Crippen LogP contribution in [0, 0.1) is 11.8 Å². The lowest BCUT2D eigenvalue weighted by Gasteiger charge is -2.15. The van der Waals surface area contributed by atoms with Crippen molar-refractivity contribution in [1.29, 1.82) is 0 Å². The second-order valence-electron chi connectivity index (χ2n) is 6.06.